The topological polar surface area (TPSA) is 87.2 Å². The predicted molar refractivity (Wildman–Crippen MR) is 80.2 cm³/mol. The summed E-state index contributed by atoms with van der Waals surface area (Å²) in [6.07, 6.45) is -0.653. The van der Waals surface area contributed by atoms with Gasteiger partial charge in [0.15, 0.2) is 17.4 Å². The lowest BCUT2D eigenvalue weighted by Gasteiger charge is -2.19. The van der Waals surface area contributed by atoms with Gasteiger partial charge in [0.1, 0.15) is 5.60 Å². The molecule has 2 aromatic rings. The van der Waals surface area contributed by atoms with E-state index in [-0.39, 0.29) is 5.82 Å². The van der Waals surface area contributed by atoms with Crippen molar-refractivity contribution in [3.8, 4) is 16.9 Å². The Kier molecular flexibility index (Phi) is 4.07. The van der Waals surface area contributed by atoms with Gasteiger partial charge in [-0.15, -0.1) is 0 Å². The summed E-state index contributed by atoms with van der Waals surface area (Å²) in [7, 11) is 0. The summed E-state index contributed by atoms with van der Waals surface area (Å²) < 4.78 is 18.7. The number of carbonyl (C=O) groups is 1. The van der Waals surface area contributed by atoms with Gasteiger partial charge in [-0.25, -0.2) is 9.18 Å². The summed E-state index contributed by atoms with van der Waals surface area (Å²) in [6.45, 7) is 6.99. The first kappa shape index (κ1) is 15.8. The number of halogens is 1. The Balaban J connectivity index is 2.32. The molecule has 0 atom stereocenters. The molecular formula is C15H18FN3O3. The van der Waals surface area contributed by atoms with Crippen LogP contribution in [0.15, 0.2) is 18.2 Å². The molecule has 0 saturated carbocycles. The summed E-state index contributed by atoms with van der Waals surface area (Å²) in [5.74, 6) is -0.954. The maximum atomic E-state index is 13.5. The molecule has 1 heterocycles. The van der Waals surface area contributed by atoms with Crippen molar-refractivity contribution in [3.05, 3.63) is 29.7 Å². The second kappa shape index (κ2) is 5.67. The molecule has 1 amide bonds. The summed E-state index contributed by atoms with van der Waals surface area (Å²) in [6, 6.07) is 3.96. The van der Waals surface area contributed by atoms with Gasteiger partial charge >= 0.3 is 6.09 Å². The number of rotatable bonds is 2. The number of nitrogens with one attached hydrogen (secondary N) is 2. The first-order valence-corrected chi connectivity index (χ1v) is 6.71. The lowest BCUT2D eigenvalue weighted by Crippen LogP contribution is -2.27. The molecule has 0 aliphatic heterocycles. The van der Waals surface area contributed by atoms with E-state index in [1.807, 2.05) is 0 Å². The predicted octanol–water partition coefficient (Wildman–Crippen LogP) is 3.58. The Morgan fingerprint density at radius 3 is 2.68 bits per heavy atom. The molecule has 0 fully saturated rings. The first-order chi connectivity index (χ1) is 10.2. The van der Waals surface area contributed by atoms with Gasteiger partial charge in [0.05, 0.1) is 0 Å². The molecule has 1 aromatic carbocycles. The van der Waals surface area contributed by atoms with Crippen molar-refractivity contribution >= 4 is 11.9 Å². The maximum Gasteiger partial charge on any atom is 0.413 e. The molecule has 0 aliphatic carbocycles. The highest BCUT2D eigenvalue weighted by molar-refractivity contribution is 5.90. The Labute approximate surface area is 127 Å². The van der Waals surface area contributed by atoms with Gasteiger partial charge in [-0.2, -0.15) is 5.10 Å². The second-order valence-electron chi connectivity index (χ2n) is 5.87. The number of benzene rings is 1. The molecule has 0 saturated heterocycles. The average molecular weight is 307 g/mol. The minimum absolute atomic E-state index is 0.233. The van der Waals surface area contributed by atoms with Crippen molar-refractivity contribution in [3.63, 3.8) is 0 Å². The van der Waals surface area contributed by atoms with Crippen LogP contribution in [-0.4, -0.2) is 27.0 Å². The highest BCUT2D eigenvalue weighted by Gasteiger charge is 2.20. The zero-order chi connectivity index (χ0) is 16.5. The maximum absolute atomic E-state index is 13.5. The largest absolute Gasteiger partial charge is 0.505 e. The number of hydrogen-bond donors (Lipinski definition) is 3. The van der Waals surface area contributed by atoms with E-state index in [4.69, 9.17) is 4.74 Å². The summed E-state index contributed by atoms with van der Waals surface area (Å²) in [5, 5.41) is 18.5. The van der Waals surface area contributed by atoms with Crippen LogP contribution < -0.4 is 5.32 Å². The molecule has 2 rings (SSSR count). The minimum atomic E-state index is -0.749. The number of aromatic hydroxyl groups is 1. The smallest absolute Gasteiger partial charge is 0.413 e. The van der Waals surface area contributed by atoms with Crippen LogP contribution in [-0.2, 0) is 4.74 Å². The van der Waals surface area contributed by atoms with E-state index in [2.05, 4.69) is 15.5 Å². The third-order valence-electron chi connectivity index (χ3n) is 2.80. The lowest BCUT2D eigenvalue weighted by molar-refractivity contribution is 0.0635. The summed E-state index contributed by atoms with van der Waals surface area (Å²) >= 11 is 0. The number of aromatic amines is 1. The highest BCUT2D eigenvalue weighted by Crippen LogP contribution is 2.32. The Hall–Kier alpha value is -2.57. The number of anilines is 1. The molecule has 118 valence electrons. The number of amides is 1. The van der Waals surface area contributed by atoms with Crippen LogP contribution in [0.2, 0.25) is 0 Å². The third kappa shape index (κ3) is 3.55. The lowest BCUT2D eigenvalue weighted by atomic mass is 10.1. The van der Waals surface area contributed by atoms with Crippen molar-refractivity contribution in [2.75, 3.05) is 5.32 Å². The van der Waals surface area contributed by atoms with E-state index in [1.165, 1.54) is 18.2 Å². The van der Waals surface area contributed by atoms with Gasteiger partial charge in [-0.3, -0.25) is 10.4 Å². The van der Waals surface area contributed by atoms with Crippen molar-refractivity contribution in [2.45, 2.75) is 33.3 Å². The molecule has 1 aromatic heterocycles. The van der Waals surface area contributed by atoms with Gasteiger partial charge < -0.3 is 9.84 Å². The fraction of sp³-hybridized carbons (Fsp3) is 0.333. The number of hydrogen-bond acceptors (Lipinski definition) is 4. The van der Waals surface area contributed by atoms with Gasteiger partial charge in [-0.05, 0) is 45.4 Å². The number of carbonyl (C=O) groups excluding carboxylic acids is 1. The second-order valence-corrected chi connectivity index (χ2v) is 5.87. The van der Waals surface area contributed by atoms with Crippen LogP contribution >= 0.6 is 0 Å². The van der Waals surface area contributed by atoms with E-state index in [9.17, 15) is 14.3 Å². The monoisotopic (exact) mass is 307 g/mol. The molecule has 7 heteroatoms. The SMILES string of the molecule is Cc1[nH]nc(NC(=O)OC(C)(C)C)c1-c1ccc(O)c(F)c1. The number of aromatic nitrogens is 2. The molecule has 0 bridgehead atoms. The van der Waals surface area contributed by atoms with Crippen LogP contribution in [0.1, 0.15) is 26.5 Å². The van der Waals surface area contributed by atoms with E-state index < -0.39 is 23.3 Å². The Bertz CT molecular complexity index is 705. The van der Waals surface area contributed by atoms with Crippen LogP contribution in [0.4, 0.5) is 15.0 Å². The van der Waals surface area contributed by atoms with Crippen LogP contribution in [0, 0.1) is 12.7 Å². The molecule has 0 aliphatic rings. The number of nitrogens with zero attached hydrogens (tertiary/aromatic N) is 1. The van der Waals surface area contributed by atoms with Crippen molar-refractivity contribution < 1.29 is 19.0 Å². The molecular weight excluding hydrogens is 289 g/mol. The normalized spacial score (nSPS) is 11.3. The van der Waals surface area contributed by atoms with Crippen LogP contribution in [0.25, 0.3) is 11.1 Å². The number of aryl methyl sites for hydroxylation is 1. The molecule has 3 N–H and O–H groups in total. The zero-order valence-corrected chi connectivity index (χ0v) is 12.8. The van der Waals surface area contributed by atoms with E-state index in [1.54, 1.807) is 27.7 Å². The van der Waals surface area contributed by atoms with Gasteiger partial charge in [0.2, 0.25) is 0 Å². The first-order valence-electron chi connectivity index (χ1n) is 6.71. The quantitative estimate of drug-likeness (QED) is 0.791. The standard InChI is InChI=1S/C15H18FN3O3/c1-8-12(9-5-6-11(20)10(16)7-9)13(19-18-8)17-14(21)22-15(2,3)4/h5-7,20H,1-4H3,(H2,17,18,19,21). The number of ether oxygens (including phenoxy) is 1. The number of phenols is 1. The summed E-state index contributed by atoms with van der Waals surface area (Å²) in [4.78, 5) is 11.8. The third-order valence-corrected chi connectivity index (χ3v) is 2.80. The molecule has 0 unspecified atom stereocenters. The van der Waals surface area contributed by atoms with E-state index in [0.717, 1.165) is 0 Å². The molecule has 0 radical (unpaired) electrons. The van der Waals surface area contributed by atoms with Crippen LogP contribution in [0.5, 0.6) is 5.75 Å². The minimum Gasteiger partial charge on any atom is -0.505 e. The van der Waals surface area contributed by atoms with E-state index in [0.29, 0.717) is 16.8 Å². The van der Waals surface area contributed by atoms with Gasteiger partial charge in [0.25, 0.3) is 0 Å². The van der Waals surface area contributed by atoms with Gasteiger partial charge in [0, 0.05) is 11.3 Å². The van der Waals surface area contributed by atoms with Gasteiger partial charge in [-0.1, -0.05) is 6.07 Å². The summed E-state index contributed by atoms with van der Waals surface area (Å²) in [5.41, 5.74) is 1.02. The molecule has 6 nitrogen and oxygen atoms in total. The van der Waals surface area contributed by atoms with E-state index >= 15 is 0 Å². The Morgan fingerprint density at radius 2 is 2.09 bits per heavy atom. The fourth-order valence-corrected chi connectivity index (χ4v) is 1.94. The average Bonchev–Trinajstić information content (AvgIpc) is 2.72. The fourth-order valence-electron chi connectivity index (χ4n) is 1.94. The Morgan fingerprint density at radius 1 is 1.41 bits per heavy atom. The van der Waals surface area contributed by atoms with Crippen molar-refractivity contribution in [2.24, 2.45) is 0 Å². The van der Waals surface area contributed by atoms with Crippen molar-refractivity contribution in [1.29, 1.82) is 0 Å². The van der Waals surface area contributed by atoms with Crippen molar-refractivity contribution in [1.82, 2.24) is 10.2 Å². The number of H-pyrrole nitrogens is 1. The number of phenolic OH excluding ortho intramolecular Hbond substituents is 1. The molecule has 22 heavy (non-hydrogen) atoms. The highest BCUT2D eigenvalue weighted by atomic mass is 19.1. The zero-order valence-electron chi connectivity index (χ0n) is 12.8. The molecule has 0 spiro atoms. The van der Waals surface area contributed by atoms with Crippen LogP contribution in [0.3, 0.4) is 0 Å².